The maximum Gasteiger partial charge on any atom is 0.251 e. The zero-order valence-electron chi connectivity index (χ0n) is 11.7. The molecule has 1 aromatic carbocycles. The Balaban J connectivity index is 2.60. The van der Waals surface area contributed by atoms with Gasteiger partial charge in [0.15, 0.2) is 0 Å². The van der Waals surface area contributed by atoms with Gasteiger partial charge >= 0.3 is 0 Å². The number of aliphatic hydroxyl groups is 1. The van der Waals surface area contributed by atoms with Gasteiger partial charge in [0.05, 0.1) is 18.9 Å². The second kappa shape index (κ2) is 9.39. The summed E-state index contributed by atoms with van der Waals surface area (Å²) in [5, 5.41) is 15.7. The van der Waals surface area contributed by atoms with Crippen molar-refractivity contribution in [2.24, 2.45) is 5.16 Å². The number of oxime groups is 1. The lowest BCUT2D eigenvalue weighted by molar-refractivity contribution is 0.0915. The first-order chi connectivity index (χ1) is 9.71. The van der Waals surface area contributed by atoms with Crippen LogP contribution in [0.15, 0.2) is 29.4 Å². The SMILES string of the molecule is CON=Cc1ccc(C(=O)NC(CO)CCSC)cc1. The second-order valence-corrected chi connectivity index (χ2v) is 5.16. The molecule has 1 atom stereocenters. The Morgan fingerprint density at radius 2 is 2.20 bits per heavy atom. The highest BCUT2D eigenvalue weighted by Gasteiger charge is 2.12. The molecule has 0 aliphatic carbocycles. The number of nitrogens with zero attached hydrogens (tertiary/aromatic N) is 1. The Kier molecular flexibility index (Phi) is 7.75. The number of rotatable bonds is 8. The zero-order chi connectivity index (χ0) is 14.8. The smallest absolute Gasteiger partial charge is 0.251 e. The fourth-order valence-electron chi connectivity index (χ4n) is 1.57. The van der Waals surface area contributed by atoms with Crippen LogP contribution in [-0.4, -0.2) is 49.0 Å². The molecule has 0 aromatic heterocycles. The maximum absolute atomic E-state index is 12.0. The van der Waals surface area contributed by atoms with Crippen LogP contribution in [0.5, 0.6) is 0 Å². The van der Waals surface area contributed by atoms with E-state index in [0.717, 1.165) is 17.7 Å². The van der Waals surface area contributed by atoms with Gasteiger partial charge in [-0.15, -0.1) is 0 Å². The zero-order valence-corrected chi connectivity index (χ0v) is 12.5. The van der Waals surface area contributed by atoms with E-state index in [1.54, 1.807) is 42.2 Å². The summed E-state index contributed by atoms with van der Waals surface area (Å²) in [7, 11) is 1.47. The van der Waals surface area contributed by atoms with E-state index in [-0.39, 0.29) is 18.6 Å². The van der Waals surface area contributed by atoms with Crippen molar-refractivity contribution < 1.29 is 14.7 Å². The van der Waals surface area contributed by atoms with Crippen molar-refractivity contribution in [3.63, 3.8) is 0 Å². The van der Waals surface area contributed by atoms with Crippen LogP contribution in [0.2, 0.25) is 0 Å². The third-order valence-corrected chi connectivity index (χ3v) is 3.35. The minimum absolute atomic E-state index is 0.0507. The minimum atomic E-state index is -0.204. The Morgan fingerprint density at radius 3 is 2.75 bits per heavy atom. The van der Waals surface area contributed by atoms with Crippen molar-refractivity contribution in [3.05, 3.63) is 35.4 Å². The summed E-state index contributed by atoms with van der Waals surface area (Å²) < 4.78 is 0. The molecule has 0 fully saturated rings. The molecule has 110 valence electrons. The van der Waals surface area contributed by atoms with Gasteiger partial charge in [0.2, 0.25) is 0 Å². The van der Waals surface area contributed by atoms with Crippen LogP contribution in [0, 0.1) is 0 Å². The highest BCUT2D eigenvalue weighted by Crippen LogP contribution is 2.05. The number of hydrogen-bond acceptors (Lipinski definition) is 5. The summed E-state index contributed by atoms with van der Waals surface area (Å²) in [6.45, 7) is -0.0507. The van der Waals surface area contributed by atoms with E-state index in [1.165, 1.54) is 7.11 Å². The maximum atomic E-state index is 12.0. The molecule has 0 bridgehead atoms. The fraction of sp³-hybridized carbons (Fsp3) is 0.429. The van der Waals surface area contributed by atoms with Gasteiger partial charge in [-0.25, -0.2) is 0 Å². The van der Waals surface area contributed by atoms with E-state index in [4.69, 9.17) is 0 Å². The van der Waals surface area contributed by atoms with Crippen LogP contribution < -0.4 is 5.32 Å². The van der Waals surface area contributed by atoms with E-state index in [2.05, 4.69) is 15.3 Å². The number of aliphatic hydroxyl groups excluding tert-OH is 1. The van der Waals surface area contributed by atoms with Crippen LogP contribution >= 0.6 is 11.8 Å². The Bertz CT molecular complexity index is 435. The van der Waals surface area contributed by atoms with Gasteiger partial charge in [-0.05, 0) is 36.1 Å². The molecule has 0 heterocycles. The number of amides is 1. The highest BCUT2D eigenvalue weighted by molar-refractivity contribution is 7.98. The number of carbonyl (C=O) groups excluding carboxylic acids is 1. The Morgan fingerprint density at radius 1 is 1.50 bits per heavy atom. The lowest BCUT2D eigenvalue weighted by Gasteiger charge is -2.15. The standard InChI is InChI=1S/C14H20N2O3S/c1-19-15-9-11-3-5-12(6-4-11)14(18)16-13(10-17)7-8-20-2/h3-6,9,13,17H,7-8,10H2,1-2H3,(H,16,18). The Hall–Kier alpha value is -1.53. The van der Waals surface area contributed by atoms with Gasteiger partial charge in [-0.1, -0.05) is 17.3 Å². The first-order valence-corrected chi connectivity index (χ1v) is 7.68. The molecule has 0 saturated heterocycles. The Labute approximate surface area is 123 Å². The molecule has 2 N–H and O–H groups in total. The highest BCUT2D eigenvalue weighted by atomic mass is 32.2. The van der Waals surface area contributed by atoms with Gasteiger partial charge in [0, 0.05) is 5.56 Å². The molecule has 0 aliphatic rings. The molecule has 0 radical (unpaired) electrons. The lowest BCUT2D eigenvalue weighted by Crippen LogP contribution is -2.37. The molecule has 1 aromatic rings. The number of hydrogen-bond donors (Lipinski definition) is 2. The predicted molar refractivity (Wildman–Crippen MR) is 82.4 cm³/mol. The summed E-state index contributed by atoms with van der Waals surface area (Å²) in [6.07, 6.45) is 4.31. The van der Waals surface area contributed by atoms with Gasteiger partial charge < -0.3 is 15.3 Å². The van der Waals surface area contributed by atoms with Crippen LogP contribution in [0.25, 0.3) is 0 Å². The first-order valence-electron chi connectivity index (χ1n) is 6.28. The van der Waals surface area contributed by atoms with Crippen molar-refractivity contribution in [3.8, 4) is 0 Å². The fourth-order valence-corrected chi connectivity index (χ4v) is 2.09. The van der Waals surface area contributed by atoms with E-state index >= 15 is 0 Å². The number of thioether (sulfide) groups is 1. The van der Waals surface area contributed by atoms with Crippen molar-refractivity contribution in [2.75, 3.05) is 25.7 Å². The predicted octanol–water partition coefficient (Wildman–Crippen LogP) is 1.51. The average molecular weight is 296 g/mol. The number of nitrogens with one attached hydrogen (secondary N) is 1. The number of benzene rings is 1. The normalized spacial score (nSPS) is 12.3. The molecular weight excluding hydrogens is 276 g/mol. The van der Waals surface area contributed by atoms with Gasteiger partial charge in [-0.2, -0.15) is 11.8 Å². The quantitative estimate of drug-likeness (QED) is 0.563. The van der Waals surface area contributed by atoms with E-state index < -0.39 is 0 Å². The van der Waals surface area contributed by atoms with Crippen LogP contribution in [0.1, 0.15) is 22.3 Å². The molecule has 1 amide bonds. The van der Waals surface area contributed by atoms with Gasteiger partial charge in [0.1, 0.15) is 7.11 Å². The third-order valence-electron chi connectivity index (χ3n) is 2.71. The molecule has 1 rings (SSSR count). The van der Waals surface area contributed by atoms with Crippen LogP contribution in [-0.2, 0) is 4.84 Å². The van der Waals surface area contributed by atoms with Crippen molar-refractivity contribution in [1.29, 1.82) is 0 Å². The molecular formula is C14H20N2O3S. The average Bonchev–Trinajstić information content (AvgIpc) is 2.49. The monoisotopic (exact) mass is 296 g/mol. The topological polar surface area (TPSA) is 70.9 Å². The molecule has 0 spiro atoms. The molecule has 20 heavy (non-hydrogen) atoms. The molecule has 6 heteroatoms. The van der Waals surface area contributed by atoms with E-state index in [1.807, 2.05) is 6.26 Å². The van der Waals surface area contributed by atoms with E-state index in [0.29, 0.717) is 5.56 Å². The van der Waals surface area contributed by atoms with Gasteiger partial charge in [0.25, 0.3) is 5.91 Å². The first kappa shape index (κ1) is 16.5. The van der Waals surface area contributed by atoms with Crippen LogP contribution in [0.3, 0.4) is 0 Å². The summed E-state index contributed by atoms with van der Waals surface area (Å²) >= 11 is 1.69. The largest absolute Gasteiger partial charge is 0.399 e. The summed E-state index contributed by atoms with van der Waals surface area (Å²) in [4.78, 5) is 16.6. The summed E-state index contributed by atoms with van der Waals surface area (Å²) in [5.74, 6) is 0.721. The van der Waals surface area contributed by atoms with Gasteiger partial charge in [-0.3, -0.25) is 4.79 Å². The minimum Gasteiger partial charge on any atom is -0.399 e. The lowest BCUT2D eigenvalue weighted by atomic mass is 10.1. The van der Waals surface area contributed by atoms with Crippen molar-refractivity contribution >= 4 is 23.9 Å². The van der Waals surface area contributed by atoms with Crippen molar-refractivity contribution in [2.45, 2.75) is 12.5 Å². The third kappa shape index (κ3) is 5.63. The second-order valence-electron chi connectivity index (χ2n) is 4.17. The van der Waals surface area contributed by atoms with Crippen molar-refractivity contribution in [1.82, 2.24) is 5.32 Å². The summed E-state index contributed by atoms with van der Waals surface area (Å²) in [6, 6.07) is 6.80. The molecule has 1 unspecified atom stereocenters. The number of carbonyl (C=O) groups is 1. The molecule has 0 aliphatic heterocycles. The van der Waals surface area contributed by atoms with E-state index in [9.17, 15) is 9.90 Å². The molecule has 0 saturated carbocycles. The molecule has 5 nitrogen and oxygen atoms in total. The summed E-state index contributed by atoms with van der Waals surface area (Å²) in [5.41, 5.74) is 1.41. The van der Waals surface area contributed by atoms with Crippen LogP contribution in [0.4, 0.5) is 0 Å².